The molecule has 7 heteroatoms. The SMILES string of the molecule is Cc1cccc(C(=O)N2C[C@H]3COC[C@@H]2CN(Cc2cn(C)nc2C)C3)n1. The van der Waals surface area contributed by atoms with Gasteiger partial charge >= 0.3 is 0 Å². The Hall–Kier alpha value is -2.25. The zero-order valence-corrected chi connectivity index (χ0v) is 16.3. The predicted octanol–water partition coefficient (Wildman–Crippen LogP) is 1.40. The average molecular weight is 369 g/mol. The topological polar surface area (TPSA) is 63.5 Å². The van der Waals surface area contributed by atoms with Crippen molar-refractivity contribution in [1.29, 1.82) is 0 Å². The maximum atomic E-state index is 13.1. The molecule has 2 bridgehead atoms. The monoisotopic (exact) mass is 369 g/mol. The van der Waals surface area contributed by atoms with Crippen LogP contribution in [0, 0.1) is 19.8 Å². The molecule has 0 aliphatic carbocycles. The molecule has 144 valence electrons. The Balaban J connectivity index is 1.54. The summed E-state index contributed by atoms with van der Waals surface area (Å²) >= 11 is 0. The molecule has 27 heavy (non-hydrogen) atoms. The van der Waals surface area contributed by atoms with Crippen LogP contribution >= 0.6 is 0 Å². The molecular formula is C20H27N5O2. The maximum absolute atomic E-state index is 13.1. The molecule has 2 saturated heterocycles. The van der Waals surface area contributed by atoms with Crippen molar-refractivity contribution >= 4 is 5.91 Å². The van der Waals surface area contributed by atoms with Crippen molar-refractivity contribution in [3.05, 3.63) is 47.0 Å². The van der Waals surface area contributed by atoms with Crippen molar-refractivity contribution < 1.29 is 9.53 Å². The number of aryl methyl sites for hydroxylation is 3. The second kappa shape index (κ2) is 7.40. The van der Waals surface area contributed by atoms with E-state index in [1.54, 1.807) is 0 Å². The van der Waals surface area contributed by atoms with Gasteiger partial charge in [-0.1, -0.05) is 6.07 Å². The van der Waals surface area contributed by atoms with Gasteiger partial charge in [-0.2, -0.15) is 5.10 Å². The molecule has 0 aromatic carbocycles. The van der Waals surface area contributed by atoms with Gasteiger partial charge in [0.25, 0.3) is 5.91 Å². The van der Waals surface area contributed by atoms with Crippen molar-refractivity contribution in [3.8, 4) is 0 Å². The summed E-state index contributed by atoms with van der Waals surface area (Å²) in [6, 6.07) is 5.66. The van der Waals surface area contributed by atoms with Crippen LogP contribution in [-0.2, 0) is 18.3 Å². The molecule has 7 nitrogen and oxygen atoms in total. The van der Waals surface area contributed by atoms with Crippen molar-refractivity contribution in [2.24, 2.45) is 13.0 Å². The van der Waals surface area contributed by atoms with Gasteiger partial charge in [-0.05, 0) is 26.0 Å². The summed E-state index contributed by atoms with van der Waals surface area (Å²) in [6.07, 6.45) is 2.09. The Labute approximate surface area is 159 Å². The number of amides is 1. The third-order valence-corrected chi connectivity index (χ3v) is 5.42. The minimum atomic E-state index is 0.0126. The first-order chi connectivity index (χ1) is 13.0. The number of hydrogen-bond donors (Lipinski definition) is 0. The molecule has 2 aliphatic rings. The summed E-state index contributed by atoms with van der Waals surface area (Å²) in [4.78, 5) is 22.0. The van der Waals surface area contributed by atoms with Crippen LogP contribution in [0.25, 0.3) is 0 Å². The second-order valence-corrected chi connectivity index (χ2v) is 7.79. The van der Waals surface area contributed by atoms with E-state index in [4.69, 9.17) is 4.74 Å². The molecule has 4 heterocycles. The summed E-state index contributed by atoms with van der Waals surface area (Å²) in [5.41, 5.74) is 3.71. The van der Waals surface area contributed by atoms with Crippen LogP contribution in [0.15, 0.2) is 24.4 Å². The van der Waals surface area contributed by atoms with Crippen molar-refractivity contribution in [1.82, 2.24) is 24.6 Å². The molecule has 0 saturated carbocycles. The van der Waals surface area contributed by atoms with E-state index in [1.165, 1.54) is 5.56 Å². The zero-order valence-electron chi connectivity index (χ0n) is 16.3. The fourth-order valence-electron chi connectivity index (χ4n) is 4.17. The minimum Gasteiger partial charge on any atom is -0.379 e. The standard InChI is InChI=1S/C20H27N5O2/c1-14-5-4-6-19(21-14)20(26)25-8-16-7-24(11-18(25)13-27-12-16)10-17-9-23(3)22-15(17)2/h4-6,9,16,18H,7-8,10-13H2,1-3H3/t16-,18-/m0/s1. The molecule has 4 rings (SSSR count). The summed E-state index contributed by atoms with van der Waals surface area (Å²) < 4.78 is 7.74. The van der Waals surface area contributed by atoms with Gasteiger partial charge in [-0.15, -0.1) is 0 Å². The number of nitrogens with zero attached hydrogens (tertiary/aromatic N) is 5. The lowest BCUT2D eigenvalue weighted by Crippen LogP contribution is -2.46. The van der Waals surface area contributed by atoms with Crippen LogP contribution in [0.5, 0.6) is 0 Å². The Morgan fingerprint density at radius 3 is 2.81 bits per heavy atom. The van der Waals surface area contributed by atoms with Crippen molar-refractivity contribution in [3.63, 3.8) is 0 Å². The number of carbonyl (C=O) groups is 1. The predicted molar refractivity (Wildman–Crippen MR) is 101 cm³/mol. The Morgan fingerprint density at radius 1 is 1.22 bits per heavy atom. The van der Waals surface area contributed by atoms with Crippen molar-refractivity contribution in [2.45, 2.75) is 26.4 Å². The molecule has 0 spiro atoms. The highest BCUT2D eigenvalue weighted by atomic mass is 16.5. The molecule has 2 aliphatic heterocycles. The highest BCUT2D eigenvalue weighted by Gasteiger charge is 2.36. The fourth-order valence-corrected chi connectivity index (χ4v) is 4.17. The molecule has 2 aromatic rings. The molecular weight excluding hydrogens is 342 g/mol. The normalized spacial score (nSPS) is 23.3. The molecule has 2 atom stereocenters. The van der Waals surface area contributed by atoms with Crippen LogP contribution < -0.4 is 0 Å². The van der Waals surface area contributed by atoms with Gasteiger partial charge in [0.2, 0.25) is 0 Å². The van der Waals surface area contributed by atoms with Gasteiger partial charge in [-0.3, -0.25) is 14.4 Å². The molecule has 1 amide bonds. The van der Waals surface area contributed by atoms with Crippen LogP contribution in [0.4, 0.5) is 0 Å². The van der Waals surface area contributed by atoms with Crippen LogP contribution in [0.3, 0.4) is 0 Å². The number of aromatic nitrogens is 3. The van der Waals surface area contributed by atoms with E-state index in [-0.39, 0.29) is 11.9 Å². The lowest BCUT2D eigenvalue weighted by atomic mass is 10.1. The third kappa shape index (κ3) is 3.89. The number of fused-ring (bicyclic) bond motifs is 3. The van der Waals surface area contributed by atoms with Gasteiger partial charge in [0.05, 0.1) is 24.9 Å². The van der Waals surface area contributed by atoms with Crippen molar-refractivity contribution in [2.75, 3.05) is 32.8 Å². The van der Waals surface area contributed by atoms with E-state index in [0.717, 1.165) is 37.6 Å². The van der Waals surface area contributed by atoms with Crippen LogP contribution in [0.2, 0.25) is 0 Å². The Bertz CT molecular complexity index is 834. The number of pyridine rings is 1. The molecule has 0 unspecified atom stereocenters. The number of ether oxygens (including phenoxy) is 1. The molecule has 2 aromatic heterocycles. The van der Waals surface area contributed by atoms with Gasteiger partial charge in [0.1, 0.15) is 5.69 Å². The highest BCUT2D eigenvalue weighted by Crippen LogP contribution is 2.23. The maximum Gasteiger partial charge on any atom is 0.272 e. The van der Waals surface area contributed by atoms with Gasteiger partial charge in [0, 0.05) is 56.6 Å². The van der Waals surface area contributed by atoms with E-state index >= 15 is 0 Å². The average Bonchev–Trinajstić information content (AvgIpc) is 2.77. The number of hydrogen-bond acceptors (Lipinski definition) is 5. The van der Waals surface area contributed by atoms with Crippen LogP contribution in [0.1, 0.15) is 27.4 Å². The quantitative estimate of drug-likeness (QED) is 0.818. The number of carbonyl (C=O) groups excluding carboxylic acids is 1. The highest BCUT2D eigenvalue weighted by molar-refractivity contribution is 5.92. The second-order valence-electron chi connectivity index (χ2n) is 7.79. The summed E-state index contributed by atoms with van der Waals surface area (Å²) in [7, 11) is 1.96. The first-order valence-electron chi connectivity index (χ1n) is 9.53. The third-order valence-electron chi connectivity index (χ3n) is 5.42. The lowest BCUT2D eigenvalue weighted by molar-refractivity contribution is 0.0421. The van der Waals surface area contributed by atoms with E-state index in [2.05, 4.69) is 28.1 Å². The van der Waals surface area contributed by atoms with E-state index in [0.29, 0.717) is 24.8 Å². The zero-order chi connectivity index (χ0) is 19.0. The first kappa shape index (κ1) is 18.1. The Morgan fingerprint density at radius 2 is 2.07 bits per heavy atom. The minimum absolute atomic E-state index is 0.0126. The van der Waals surface area contributed by atoms with Gasteiger partial charge in [0.15, 0.2) is 0 Å². The summed E-state index contributed by atoms with van der Waals surface area (Å²) in [5, 5.41) is 4.46. The van der Waals surface area contributed by atoms with Crippen LogP contribution in [-0.4, -0.2) is 69.4 Å². The Kier molecular flexibility index (Phi) is 4.97. The van der Waals surface area contributed by atoms with E-state index in [9.17, 15) is 4.79 Å². The van der Waals surface area contributed by atoms with Gasteiger partial charge in [-0.25, -0.2) is 4.98 Å². The molecule has 2 fully saturated rings. The van der Waals surface area contributed by atoms with E-state index in [1.807, 2.05) is 41.8 Å². The number of rotatable bonds is 3. The van der Waals surface area contributed by atoms with Gasteiger partial charge < -0.3 is 9.64 Å². The smallest absolute Gasteiger partial charge is 0.272 e. The fraction of sp³-hybridized carbons (Fsp3) is 0.550. The van der Waals surface area contributed by atoms with E-state index < -0.39 is 0 Å². The summed E-state index contributed by atoms with van der Waals surface area (Å²) in [5.74, 6) is 0.321. The molecule has 0 N–H and O–H groups in total. The summed E-state index contributed by atoms with van der Waals surface area (Å²) in [6.45, 7) is 8.56. The first-order valence-corrected chi connectivity index (χ1v) is 9.53. The lowest BCUT2D eigenvalue weighted by Gasteiger charge is -2.31. The largest absolute Gasteiger partial charge is 0.379 e. The molecule has 0 radical (unpaired) electrons.